The number of ether oxygens (including phenoxy) is 1. The van der Waals surface area contributed by atoms with E-state index in [-0.39, 0.29) is 24.8 Å². The third-order valence-electron chi connectivity index (χ3n) is 4.77. The molecule has 29 heavy (non-hydrogen) atoms. The molecule has 6 nitrogen and oxygen atoms in total. The first-order chi connectivity index (χ1) is 14.1. The third-order valence-corrected chi connectivity index (χ3v) is 5.57. The lowest BCUT2D eigenvalue weighted by Crippen LogP contribution is -2.26. The summed E-state index contributed by atoms with van der Waals surface area (Å²) in [6, 6.07) is 16.3. The maximum absolute atomic E-state index is 12.1. The van der Waals surface area contributed by atoms with Crippen LogP contribution in [0.15, 0.2) is 60.1 Å². The van der Waals surface area contributed by atoms with E-state index in [9.17, 15) is 9.59 Å². The molecule has 1 amide bonds. The predicted molar refractivity (Wildman–Crippen MR) is 111 cm³/mol. The molecule has 0 fully saturated rings. The van der Waals surface area contributed by atoms with Crippen LogP contribution in [0.1, 0.15) is 32.4 Å². The molecule has 3 aromatic rings. The number of alkyl carbamates (subject to hydrolysis) is 1. The Labute approximate surface area is 171 Å². The summed E-state index contributed by atoms with van der Waals surface area (Å²) in [5.41, 5.74) is 6.16. The Morgan fingerprint density at radius 2 is 1.76 bits per heavy atom. The van der Waals surface area contributed by atoms with Gasteiger partial charge in [-0.1, -0.05) is 54.6 Å². The zero-order chi connectivity index (χ0) is 20.2. The van der Waals surface area contributed by atoms with Gasteiger partial charge in [-0.25, -0.2) is 14.6 Å². The molecular weight excluding hydrogens is 388 g/mol. The van der Waals surface area contributed by atoms with E-state index in [1.807, 2.05) is 24.3 Å². The second-order valence-corrected chi connectivity index (χ2v) is 7.37. The molecule has 1 aromatic heterocycles. The van der Waals surface area contributed by atoms with Crippen LogP contribution < -0.4 is 5.32 Å². The number of thiazole rings is 1. The highest BCUT2D eigenvalue weighted by molar-refractivity contribution is 7.10. The van der Waals surface area contributed by atoms with Crippen molar-refractivity contribution in [2.24, 2.45) is 0 Å². The number of carbonyl (C=O) groups excluding carboxylic acids is 1. The van der Waals surface area contributed by atoms with Crippen molar-refractivity contribution < 1.29 is 19.4 Å². The smallest absolute Gasteiger partial charge is 0.407 e. The molecule has 0 saturated heterocycles. The lowest BCUT2D eigenvalue weighted by Gasteiger charge is -2.14. The van der Waals surface area contributed by atoms with Crippen molar-refractivity contribution in [3.8, 4) is 11.1 Å². The van der Waals surface area contributed by atoms with Crippen molar-refractivity contribution in [3.63, 3.8) is 0 Å². The number of fused-ring (bicyclic) bond motifs is 3. The van der Waals surface area contributed by atoms with Crippen molar-refractivity contribution in [2.45, 2.75) is 5.92 Å². The van der Waals surface area contributed by atoms with Crippen LogP contribution in [0.25, 0.3) is 17.2 Å². The first-order valence-corrected chi connectivity index (χ1v) is 9.95. The summed E-state index contributed by atoms with van der Waals surface area (Å²) in [6.07, 6.45) is 2.78. The van der Waals surface area contributed by atoms with Gasteiger partial charge in [0, 0.05) is 12.5 Å². The number of carbonyl (C=O) groups is 2. The van der Waals surface area contributed by atoms with Crippen molar-refractivity contribution in [2.75, 3.05) is 13.2 Å². The van der Waals surface area contributed by atoms with E-state index in [0.29, 0.717) is 4.88 Å². The number of hydrogen-bond acceptors (Lipinski definition) is 5. The Morgan fingerprint density at radius 3 is 2.41 bits per heavy atom. The largest absolute Gasteiger partial charge is 0.476 e. The van der Waals surface area contributed by atoms with Gasteiger partial charge in [-0.15, -0.1) is 11.3 Å². The number of amides is 1. The quantitative estimate of drug-likeness (QED) is 0.634. The molecule has 0 bridgehead atoms. The minimum Gasteiger partial charge on any atom is -0.476 e. The predicted octanol–water partition coefficient (Wildman–Crippen LogP) is 4.39. The van der Waals surface area contributed by atoms with Crippen LogP contribution in [0.5, 0.6) is 0 Å². The molecule has 2 aromatic carbocycles. The molecule has 0 atom stereocenters. The van der Waals surface area contributed by atoms with Crippen LogP contribution in [0.3, 0.4) is 0 Å². The molecule has 0 aliphatic heterocycles. The summed E-state index contributed by atoms with van der Waals surface area (Å²) in [5, 5.41) is 11.7. The van der Waals surface area contributed by atoms with E-state index in [4.69, 9.17) is 9.84 Å². The lowest BCUT2D eigenvalue weighted by molar-refractivity contribution is 0.0691. The Morgan fingerprint density at radius 1 is 1.10 bits per heavy atom. The zero-order valence-electron chi connectivity index (χ0n) is 15.4. The molecule has 1 aliphatic rings. The number of benzene rings is 2. The highest BCUT2D eigenvalue weighted by Gasteiger charge is 2.28. The van der Waals surface area contributed by atoms with Crippen molar-refractivity contribution in [1.82, 2.24) is 10.3 Å². The standard InChI is InChI=1S/C22H18N2O4S/c25-21(26)20-19(29-13-24-20)10-5-11-23-22(27)28-12-18-16-8-3-1-6-14(16)15-7-2-4-9-17(15)18/h1-10,13,18H,11-12H2,(H,23,27)(H,25,26). The Hall–Kier alpha value is -3.45. The molecule has 0 saturated carbocycles. The average Bonchev–Trinajstić information content (AvgIpc) is 3.33. The van der Waals surface area contributed by atoms with E-state index >= 15 is 0 Å². The number of aromatic carboxylic acids is 1. The fourth-order valence-corrected chi connectivity index (χ4v) is 4.19. The molecule has 0 unspecified atom stereocenters. The molecule has 4 rings (SSSR count). The Kier molecular flexibility index (Phi) is 5.39. The van der Waals surface area contributed by atoms with Crippen molar-refractivity contribution in [3.05, 3.63) is 81.8 Å². The summed E-state index contributed by atoms with van der Waals surface area (Å²) in [6.45, 7) is 0.481. The van der Waals surface area contributed by atoms with Crippen LogP contribution in [0, 0.1) is 0 Å². The number of nitrogens with one attached hydrogen (secondary N) is 1. The fraction of sp³-hybridized carbons (Fsp3) is 0.136. The normalized spacial score (nSPS) is 12.6. The second kappa shape index (κ2) is 8.28. The number of carboxylic acids is 1. The van der Waals surface area contributed by atoms with E-state index in [0.717, 1.165) is 11.1 Å². The van der Waals surface area contributed by atoms with Crippen LogP contribution in [0.4, 0.5) is 4.79 Å². The summed E-state index contributed by atoms with van der Waals surface area (Å²) in [7, 11) is 0. The summed E-state index contributed by atoms with van der Waals surface area (Å²) < 4.78 is 5.45. The SMILES string of the molecule is O=C(NCC=Cc1scnc1C(=O)O)OCC1c2ccccc2-c2ccccc21. The van der Waals surface area contributed by atoms with Gasteiger partial charge in [-0.2, -0.15) is 0 Å². The second-order valence-electron chi connectivity index (χ2n) is 6.48. The van der Waals surface area contributed by atoms with Gasteiger partial charge in [-0.3, -0.25) is 0 Å². The molecule has 2 N–H and O–H groups in total. The number of rotatable bonds is 6. The molecular formula is C22H18N2O4S. The lowest BCUT2D eigenvalue weighted by atomic mass is 9.98. The molecule has 146 valence electrons. The first kappa shape index (κ1) is 18.9. The number of hydrogen-bond donors (Lipinski definition) is 2. The summed E-state index contributed by atoms with van der Waals surface area (Å²) in [4.78, 5) is 27.4. The maximum Gasteiger partial charge on any atom is 0.407 e. The fourth-order valence-electron chi connectivity index (χ4n) is 3.49. The van der Waals surface area contributed by atoms with Gasteiger partial charge in [0.05, 0.1) is 10.4 Å². The zero-order valence-corrected chi connectivity index (χ0v) is 16.2. The monoisotopic (exact) mass is 406 g/mol. The summed E-state index contributed by atoms with van der Waals surface area (Å²) >= 11 is 1.23. The molecule has 0 spiro atoms. The van der Waals surface area contributed by atoms with Gasteiger partial charge in [0.15, 0.2) is 5.69 Å². The number of aromatic nitrogens is 1. The number of nitrogens with zero attached hydrogens (tertiary/aromatic N) is 1. The van der Waals surface area contributed by atoms with E-state index < -0.39 is 12.1 Å². The van der Waals surface area contributed by atoms with Gasteiger partial charge < -0.3 is 15.2 Å². The highest BCUT2D eigenvalue weighted by atomic mass is 32.1. The molecule has 7 heteroatoms. The third kappa shape index (κ3) is 3.90. The van der Waals surface area contributed by atoms with E-state index in [2.05, 4.69) is 34.6 Å². The van der Waals surface area contributed by atoms with Crippen LogP contribution in [-0.4, -0.2) is 35.3 Å². The van der Waals surface area contributed by atoms with Gasteiger partial charge in [0.1, 0.15) is 6.61 Å². The van der Waals surface area contributed by atoms with Crippen molar-refractivity contribution >= 4 is 29.5 Å². The first-order valence-electron chi connectivity index (χ1n) is 9.07. The van der Waals surface area contributed by atoms with Crippen LogP contribution in [0.2, 0.25) is 0 Å². The topological polar surface area (TPSA) is 88.5 Å². The van der Waals surface area contributed by atoms with Gasteiger partial charge in [0.2, 0.25) is 0 Å². The van der Waals surface area contributed by atoms with Gasteiger partial charge >= 0.3 is 12.1 Å². The van der Waals surface area contributed by atoms with Gasteiger partial charge in [0.25, 0.3) is 0 Å². The molecule has 0 radical (unpaired) electrons. The van der Waals surface area contributed by atoms with Gasteiger partial charge in [-0.05, 0) is 28.3 Å². The Balaban J connectivity index is 1.34. The maximum atomic E-state index is 12.1. The molecule has 1 heterocycles. The highest BCUT2D eigenvalue weighted by Crippen LogP contribution is 2.44. The van der Waals surface area contributed by atoms with Crippen molar-refractivity contribution in [1.29, 1.82) is 0 Å². The Bertz CT molecular complexity index is 1040. The van der Waals surface area contributed by atoms with Crippen LogP contribution in [-0.2, 0) is 4.74 Å². The minimum atomic E-state index is -1.07. The molecule has 1 aliphatic carbocycles. The van der Waals surface area contributed by atoms with Crippen LogP contribution >= 0.6 is 11.3 Å². The minimum absolute atomic E-state index is 0.00684. The summed E-state index contributed by atoms with van der Waals surface area (Å²) in [5.74, 6) is -1.06. The number of carboxylic acid groups (broad SMARTS) is 1. The average molecular weight is 406 g/mol. The van der Waals surface area contributed by atoms with E-state index in [1.165, 1.54) is 28.0 Å². The van der Waals surface area contributed by atoms with E-state index in [1.54, 1.807) is 12.2 Å².